The molecule has 3 aromatic rings. The van der Waals surface area contributed by atoms with Gasteiger partial charge in [0.2, 0.25) is 0 Å². The lowest BCUT2D eigenvalue weighted by Gasteiger charge is -2.06. The van der Waals surface area contributed by atoms with E-state index >= 15 is 0 Å². The predicted octanol–water partition coefficient (Wildman–Crippen LogP) is 3.99. The number of amides is 1. The molecule has 1 N–H and O–H groups in total. The maximum atomic E-state index is 13.0. The number of halogens is 2. The highest BCUT2D eigenvalue weighted by Gasteiger charge is 2.21. The van der Waals surface area contributed by atoms with Crippen molar-refractivity contribution in [3.8, 4) is 0 Å². The lowest BCUT2D eigenvalue weighted by Crippen LogP contribution is -2.14. The molecule has 1 amide bonds. The van der Waals surface area contributed by atoms with Gasteiger partial charge >= 0.3 is 0 Å². The summed E-state index contributed by atoms with van der Waals surface area (Å²) in [6.45, 7) is 3.97. The van der Waals surface area contributed by atoms with Crippen LogP contribution in [0.25, 0.3) is 0 Å². The van der Waals surface area contributed by atoms with Gasteiger partial charge in [0.05, 0.1) is 17.8 Å². The van der Waals surface area contributed by atoms with Crippen molar-refractivity contribution in [1.29, 1.82) is 0 Å². The molecule has 25 heavy (non-hydrogen) atoms. The standard InChI is InChI=1S/C18H16ClFN4O/c1-11-7-8-21-15(9-11)22-18(25)16-12(2)23-24(17(16)19)10-13-3-5-14(20)6-4-13/h3-9H,10H2,1-2H3,(H,21,22,25). The Balaban J connectivity index is 1.83. The molecule has 0 aliphatic carbocycles. The van der Waals surface area contributed by atoms with Crippen molar-refractivity contribution in [2.75, 3.05) is 5.32 Å². The number of carbonyl (C=O) groups is 1. The van der Waals surface area contributed by atoms with E-state index in [1.807, 2.05) is 13.0 Å². The highest BCUT2D eigenvalue weighted by molar-refractivity contribution is 6.33. The summed E-state index contributed by atoms with van der Waals surface area (Å²) in [6.07, 6.45) is 1.62. The molecule has 0 aliphatic rings. The first-order valence-electron chi connectivity index (χ1n) is 7.65. The quantitative estimate of drug-likeness (QED) is 0.767. The maximum Gasteiger partial charge on any atom is 0.261 e. The van der Waals surface area contributed by atoms with Crippen LogP contribution >= 0.6 is 11.6 Å². The van der Waals surface area contributed by atoms with Crippen LogP contribution in [0.3, 0.4) is 0 Å². The molecule has 0 radical (unpaired) electrons. The first kappa shape index (κ1) is 17.1. The Bertz CT molecular complexity index is 921. The summed E-state index contributed by atoms with van der Waals surface area (Å²) in [5.41, 5.74) is 2.63. The smallest absolute Gasteiger partial charge is 0.261 e. The van der Waals surface area contributed by atoms with E-state index in [-0.39, 0.29) is 16.9 Å². The van der Waals surface area contributed by atoms with Crippen LogP contribution < -0.4 is 5.32 Å². The van der Waals surface area contributed by atoms with Gasteiger partial charge in [-0.1, -0.05) is 23.7 Å². The van der Waals surface area contributed by atoms with Crippen LogP contribution in [0.2, 0.25) is 5.15 Å². The zero-order valence-electron chi connectivity index (χ0n) is 13.8. The predicted molar refractivity (Wildman–Crippen MR) is 94.4 cm³/mol. The van der Waals surface area contributed by atoms with E-state index in [1.54, 1.807) is 31.3 Å². The molecule has 0 atom stereocenters. The van der Waals surface area contributed by atoms with Crippen LogP contribution in [0.4, 0.5) is 10.2 Å². The minimum Gasteiger partial charge on any atom is -0.306 e. The minimum atomic E-state index is -0.369. The molecule has 0 spiro atoms. The fraction of sp³-hybridized carbons (Fsp3) is 0.167. The third kappa shape index (κ3) is 3.85. The molecule has 0 bridgehead atoms. The van der Waals surface area contributed by atoms with Crippen LogP contribution in [-0.4, -0.2) is 20.7 Å². The Hall–Kier alpha value is -2.73. The molecule has 0 saturated heterocycles. The number of rotatable bonds is 4. The molecule has 1 aromatic carbocycles. The van der Waals surface area contributed by atoms with E-state index < -0.39 is 0 Å². The fourth-order valence-corrected chi connectivity index (χ4v) is 2.78. The molecular weight excluding hydrogens is 343 g/mol. The summed E-state index contributed by atoms with van der Waals surface area (Å²) in [4.78, 5) is 16.6. The van der Waals surface area contributed by atoms with Gasteiger partial charge in [-0.05, 0) is 49.2 Å². The number of benzene rings is 1. The summed E-state index contributed by atoms with van der Waals surface area (Å²) in [5, 5.41) is 7.27. The van der Waals surface area contributed by atoms with E-state index in [9.17, 15) is 9.18 Å². The first-order valence-corrected chi connectivity index (χ1v) is 8.03. The van der Waals surface area contributed by atoms with E-state index in [0.29, 0.717) is 23.6 Å². The molecule has 2 aromatic heterocycles. The number of nitrogens with zero attached hydrogens (tertiary/aromatic N) is 3. The number of hydrogen-bond acceptors (Lipinski definition) is 3. The van der Waals surface area contributed by atoms with Crippen molar-refractivity contribution in [2.24, 2.45) is 0 Å². The van der Waals surface area contributed by atoms with Gasteiger partial charge in [0.15, 0.2) is 0 Å². The molecule has 5 nitrogen and oxygen atoms in total. The van der Waals surface area contributed by atoms with Gasteiger partial charge < -0.3 is 5.32 Å². The highest BCUT2D eigenvalue weighted by Crippen LogP contribution is 2.22. The Morgan fingerprint density at radius 1 is 1.24 bits per heavy atom. The second-order valence-corrected chi connectivity index (χ2v) is 6.07. The molecule has 0 saturated carbocycles. The van der Waals surface area contributed by atoms with Crippen molar-refractivity contribution < 1.29 is 9.18 Å². The van der Waals surface area contributed by atoms with Crippen LogP contribution in [0.15, 0.2) is 42.6 Å². The van der Waals surface area contributed by atoms with Gasteiger partial charge in [-0.25, -0.2) is 14.1 Å². The molecular formula is C18H16ClFN4O. The first-order chi connectivity index (χ1) is 11.9. The number of pyridine rings is 1. The zero-order chi connectivity index (χ0) is 18.0. The molecule has 0 aliphatic heterocycles. The third-order valence-corrected chi connectivity index (χ3v) is 4.08. The van der Waals surface area contributed by atoms with Gasteiger partial charge in [-0.2, -0.15) is 5.10 Å². The lowest BCUT2D eigenvalue weighted by molar-refractivity contribution is 0.102. The van der Waals surface area contributed by atoms with Crippen molar-refractivity contribution in [1.82, 2.24) is 14.8 Å². The Morgan fingerprint density at radius 3 is 2.64 bits per heavy atom. The van der Waals surface area contributed by atoms with Crippen LogP contribution in [-0.2, 0) is 6.54 Å². The van der Waals surface area contributed by atoms with Gasteiger partial charge in [-0.3, -0.25) is 4.79 Å². The number of anilines is 1. The lowest BCUT2D eigenvalue weighted by atomic mass is 10.2. The number of nitrogens with one attached hydrogen (secondary N) is 1. The topological polar surface area (TPSA) is 59.8 Å². The summed E-state index contributed by atoms with van der Waals surface area (Å²) >= 11 is 6.35. The minimum absolute atomic E-state index is 0.229. The summed E-state index contributed by atoms with van der Waals surface area (Å²) in [7, 11) is 0. The van der Waals surface area contributed by atoms with Crippen molar-refractivity contribution >= 4 is 23.3 Å². The number of carbonyl (C=O) groups excluding carboxylic acids is 1. The largest absolute Gasteiger partial charge is 0.306 e. The molecule has 3 rings (SSSR count). The van der Waals surface area contributed by atoms with Crippen LogP contribution in [0.5, 0.6) is 0 Å². The Morgan fingerprint density at radius 2 is 1.96 bits per heavy atom. The average molecular weight is 359 g/mol. The second kappa shape index (κ2) is 7.03. The fourth-order valence-electron chi connectivity index (χ4n) is 2.46. The van der Waals surface area contributed by atoms with Crippen molar-refractivity contribution in [2.45, 2.75) is 20.4 Å². The van der Waals surface area contributed by atoms with Crippen LogP contribution in [0.1, 0.15) is 27.2 Å². The van der Waals surface area contributed by atoms with Crippen molar-refractivity contribution in [3.05, 3.63) is 75.9 Å². The molecule has 0 unspecified atom stereocenters. The van der Waals surface area contributed by atoms with Gasteiger partial charge in [0, 0.05) is 6.20 Å². The monoisotopic (exact) mass is 358 g/mol. The van der Waals surface area contributed by atoms with Gasteiger partial charge in [-0.15, -0.1) is 0 Å². The Labute approximate surface area is 149 Å². The van der Waals surface area contributed by atoms with Gasteiger partial charge in [0.25, 0.3) is 5.91 Å². The Kier molecular flexibility index (Phi) is 4.81. The number of hydrogen-bond donors (Lipinski definition) is 1. The van der Waals surface area contributed by atoms with Crippen LogP contribution in [0, 0.1) is 19.7 Å². The normalized spacial score (nSPS) is 10.7. The summed E-state index contributed by atoms with van der Waals surface area (Å²) < 4.78 is 14.5. The van der Waals surface area contributed by atoms with Gasteiger partial charge in [0.1, 0.15) is 16.8 Å². The highest BCUT2D eigenvalue weighted by atomic mass is 35.5. The molecule has 2 heterocycles. The number of aryl methyl sites for hydroxylation is 2. The maximum absolute atomic E-state index is 13.0. The van der Waals surface area contributed by atoms with E-state index in [1.165, 1.54) is 16.8 Å². The second-order valence-electron chi connectivity index (χ2n) is 5.71. The molecule has 7 heteroatoms. The zero-order valence-corrected chi connectivity index (χ0v) is 14.5. The average Bonchev–Trinajstić information content (AvgIpc) is 2.83. The van der Waals surface area contributed by atoms with E-state index in [4.69, 9.17) is 11.6 Å². The van der Waals surface area contributed by atoms with Crippen molar-refractivity contribution in [3.63, 3.8) is 0 Å². The molecule has 0 fully saturated rings. The summed E-state index contributed by atoms with van der Waals surface area (Å²) in [5.74, 6) is -0.227. The van der Waals surface area contributed by atoms with E-state index in [0.717, 1.165) is 11.1 Å². The summed E-state index contributed by atoms with van der Waals surface area (Å²) in [6, 6.07) is 9.66. The number of aromatic nitrogens is 3. The third-order valence-electron chi connectivity index (χ3n) is 3.70. The van der Waals surface area contributed by atoms with E-state index in [2.05, 4.69) is 15.4 Å². The SMILES string of the molecule is Cc1ccnc(NC(=O)c2c(C)nn(Cc3ccc(F)cc3)c2Cl)c1. The molecule has 128 valence electrons.